The predicted molar refractivity (Wildman–Crippen MR) is 81.9 cm³/mol. The van der Waals surface area contributed by atoms with Crippen molar-refractivity contribution < 1.29 is 14.0 Å². The Morgan fingerprint density at radius 1 is 1.36 bits per heavy atom. The lowest BCUT2D eigenvalue weighted by atomic mass is 10.1. The third-order valence-corrected chi connectivity index (χ3v) is 3.70. The number of carbonyl (C=O) groups is 2. The third kappa shape index (κ3) is 2.36. The lowest BCUT2D eigenvalue weighted by Crippen LogP contribution is -2.36. The SMILES string of the molecule is Cc1nc(C)c(C(=O)N2C[C@H](C)C(=O)Nc3ccccc32)o1. The fraction of sp³-hybridized carbons (Fsp3) is 0.312. The van der Waals surface area contributed by atoms with Gasteiger partial charge < -0.3 is 14.6 Å². The molecule has 22 heavy (non-hydrogen) atoms. The number of nitrogens with one attached hydrogen (secondary N) is 1. The van der Waals surface area contributed by atoms with E-state index < -0.39 is 0 Å². The van der Waals surface area contributed by atoms with E-state index in [0.29, 0.717) is 29.5 Å². The smallest absolute Gasteiger partial charge is 0.296 e. The number of nitrogens with zero attached hydrogens (tertiary/aromatic N) is 2. The number of oxazole rings is 1. The quantitative estimate of drug-likeness (QED) is 0.878. The number of benzene rings is 1. The average molecular weight is 299 g/mol. The first-order valence-corrected chi connectivity index (χ1v) is 7.13. The van der Waals surface area contributed by atoms with E-state index in [-0.39, 0.29) is 23.5 Å². The van der Waals surface area contributed by atoms with Crippen molar-refractivity contribution in [1.29, 1.82) is 0 Å². The summed E-state index contributed by atoms with van der Waals surface area (Å²) in [6, 6.07) is 7.25. The van der Waals surface area contributed by atoms with Gasteiger partial charge in [-0.2, -0.15) is 0 Å². The lowest BCUT2D eigenvalue weighted by Gasteiger charge is -2.22. The summed E-state index contributed by atoms with van der Waals surface area (Å²) in [5, 5.41) is 2.85. The van der Waals surface area contributed by atoms with Crippen molar-refractivity contribution in [2.45, 2.75) is 20.8 Å². The van der Waals surface area contributed by atoms with E-state index in [9.17, 15) is 9.59 Å². The van der Waals surface area contributed by atoms with Gasteiger partial charge in [0.25, 0.3) is 5.91 Å². The molecular weight excluding hydrogens is 282 g/mol. The zero-order chi connectivity index (χ0) is 15.9. The van der Waals surface area contributed by atoms with Crippen LogP contribution in [0.1, 0.15) is 29.1 Å². The van der Waals surface area contributed by atoms with E-state index in [1.165, 1.54) is 0 Å². The van der Waals surface area contributed by atoms with Gasteiger partial charge in [-0.3, -0.25) is 9.59 Å². The molecule has 1 aliphatic rings. The second-order valence-electron chi connectivity index (χ2n) is 5.47. The van der Waals surface area contributed by atoms with Gasteiger partial charge in [-0.15, -0.1) is 0 Å². The first-order valence-electron chi connectivity index (χ1n) is 7.13. The average Bonchev–Trinajstić information content (AvgIpc) is 2.76. The van der Waals surface area contributed by atoms with E-state index in [2.05, 4.69) is 10.3 Å². The topological polar surface area (TPSA) is 75.4 Å². The highest BCUT2D eigenvalue weighted by Crippen LogP contribution is 2.31. The monoisotopic (exact) mass is 299 g/mol. The third-order valence-electron chi connectivity index (χ3n) is 3.70. The Labute approximate surface area is 128 Å². The molecule has 0 bridgehead atoms. The summed E-state index contributed by atoms with van der Waals surface area (Å²) in [5.74, 6) is -0.0390. The Kier molecular flexibility index (Phi) is 3.44. The molecule has 3 rings (SSSR count). The summed E-state index contributed by atoms with van der Waals surface area (Å²) < 4.78 is 5.44. The van der Waals surface area contributed by atoms with Crippen LogP contribution in [0.4, 0.5) is 11.4 Å². The minimum absolute atomic E-state index is 0.103. The Hall–Kier alpha value is -2.63. The van der Waals surface area contributed by atoms with E-state index in [1.807, 2.05) is 18.2 Å². The molecule has 0 saturated carbocycles. The van der Waals surface area contributed by atoms with Crippen molar-refractivity contribution in [3.8, 4) is 0 Å². The van der Waals surface area contributed by atoms with Gasteiger partial charge >= 0.3 is 0 Å². The van der Waals surface area contributed by atoms with E-state index in [0.717, 1.165) is 0 Å². The zero-order valence-corrected chi connectivity index (χ0v) is 12.7. The Balaban J connectivity index is 2.07. The van der Waals surface area contributed by atoms with Crippen LogP contribution in [0.15, 0.2) is 28.7 Å². The van der Waals surface area contributed by atoms with Crippen molar-refractivity contribution in [2.75, 3.05) is 16.8 Å². The van der Waals surface area contributed by atoms with Gasteiger partial charge in [0.05, 0.1) is 23.0 Å². The van der Waals surface area contributed by atoms with Gasteiger partial charge in [0, 0.05) is 13.5 Å². The zero-order valence-electron chi connectivity index (χ0n) is 12.7. The highest BCUT2D eigenvalue weighted by atomic mass is 16.4. The van der Waals surface area contributed by atoms with Crippen LogP contribution < -0.4 is 10.2 Å². The van der Waals surface area contributed by atoms with Gasteiger partial charge in [-0.1, -0.05) is 19.1 Å². The standard InChI is InChI=1S/C16H17N3O3/c1-9-8-19(16(21)14-10(2)17-11(3)22-14)13-7-5-4-6-12(13)18-15(9)20/h4-7,9H,8H2,1-3H3,(H,18,20)/t9-/m0/s1. The normalized spacial score (nSPS) is 17.7. The maximum Gasteiger partial charge on any atom is 0.296 e. The number of carbonyl (C=O) groups excluding carboxylic acids is 2. The maximum atomic E-state index is 12.9. The molecule has 1 aliphatic heterocycles. The minimum Gasteiger partial charge on any atom is -0.436 e. The van der Waals surface area contributed by atoms with Crippen LogP contribution in [0.5, 0.6) is 0 Å². The van der Waals surface area contributed by atoms with Gasteiger partial charge in [0.15, 0.2) is 5.89 Å². The van der Waals surface area contributed by atoms with Gasteiger partial charge in [0.2, 0.25) is 11.7 Å². The largest absolute Gasteiger partial charge is 0.436 e. The minimum atomic E-state index is -0.319. The second-order valence-corrected chi connectivity index (χ2v) is 5.47. The molecule has 2 amide bonds. The molecule has 0 radical (unpaired) electrons. The maximum absolute atomic E-state index is 12.9. The number of hydrogen-bond acceptors (Lipinski definition) is 4. The Morgan fingerprint density at radius 3 is 2.77 bits per heavy atom. The van der Waals surface area contributed by atoms with Crippen molar-refractivity contribution in [2.24, 2.45) is 5.92 Å². The number of hydrogen-bond donors (Lipinski definition) is 1. The van der Waals surface area contributed by atoms with Crippen molar-refractivity contribution in [3.63, 3.8) is 0 Å². The van der Waals surface area contributed by atoms with Crippen LogP contribution in [0, 0.1) is 19.8 Å². The highest BCUT2D eigenvalue weighted by molar-refractivity contribution is 6.10. The molecule has 0 fully saturated rings. The predicted octanol–water partition coefficient (Wildman–Crippen LogP) is 2.53. The fourth-order valence-corrected chi connectivity index (χ4v) is 2.57. The molecule has 6 nitrogen and oxygen atoms in total. The Morgan fingerprint density at radius 2 is 2.09 bits per heavy atom. The number of aromatic nitrogens is 1. The van der Waals surface area contributed by atoms with E-state index in [1.54, 1.807) is 31.7 Å². The molecule has 1 N–H and O–H groups in total. The molecular formula is C16H17N3O3. The highest BCUT2D eigenvalue weighted by Gasteiger charge is 2.31. The molecule has 1 aromatic heterocycles. The van der Waals surface area contributed by atoms with Gasteiger partial charge in [-0.25, -0.2) is 4.98 Å². The summed E-state index contributed by atoms with van der Waals surface area (Å²) in [7, 11) is 0. The number of fused-ring (bicyclic) bond motifs is 1. The van der Waals surface area contributed by atoms with Gasteiger partial charge in [0.1, 0.15) is 0 Å². The lowest BCUT2D eigenvalue weighted by molar-refractivity contribution is -0.119. The molecule has 6 heteroatoms. The van der Waals surface area contributed by atoms with Crippen LogP contribution in [-0.2, 0) is 4.79 Å². The number of aryl methyl sites for hydroxylation is 2. The summed E-state index contributed by atoms with van der Waals surface area (Å²) in [6.45, 7) is 5.52. The number of anilines is 2. The first kappa shape index (κ1) is 14.3. The van der Waals surface area contributed by atoms with E-state index >= 15 is 0 Å². The van der Waals surface area contributed by atoms with Crippen LogP contribution in [0.2, 0.25) is 0 Å². The van der Waals surface area contributed by atoms with Gasteiger partial charge in [-0.05, 0) is 19.1 Å². The summed E-state index contributed by atoms with van der Waals surface area (Å²) in [6.07, 6.45) is 0. The summed E-state index contributed by atoms with van der Waals surface area (Å²) in [4.78, 5) is 30.6. The molecule has 2 heterocycles. The molecule has 2 aromatic rings. The number of para-hydroxylation sites is 2. The summed E-state index contributed by atoms with van der Waals surface area (Å²) in [5.41, 5.74) is 1.84. The molecule has 1 atom stereocenters. The van der Waals surface area contributed by atoms with Crippen molar-refractivity contribution >= 4 is 23.2 Å². The molecule has 0 spiro atoms. The van der Waals surface area contributed by atoms with Crippen LogP contribution in [-0.4, -0.2) is 23.3 Å². The van der Waals surface area contributed by atoms with Crippen molar-refractivity contribution in [3.05, 3.63) is 41.6 Å². The molecule has 0 aliphatic carbocycles. The number of rotatable bonds is 1. The molecule has 1 aromatic carbocycles. The molecule has 114 valence electrons. The van der Waals surface area contributed by atoms with E-state index in [4.69, 9.17) is 4.42 Å². The molecule has 0 saturated heterocycles. The first-order chi connectivity index (χ1) is 10.5. The molecule has 0 unspecified atom stereocenters. The fourth-order valence-electron chi connectivity index (χ4n) is 2.57. The van der Waals surface area contributed by atoms with Crippen LogP contribution in [0.3, 0.4) is 0 Å². The second kappa shape index (κ2) is 5.29. The van der Waals surface area contributed by atoms with Crippen LogP contribution >= 0.6 is 0 Å². The number of amides is 2. The summed E-state index contributed by atoms with van der Waals surface area (Å²) >= 11 is 0. The van der Waals surface area contributed by atoms with Crippen LogP contribution in [0.25, 0.3) is 0 Å². The Bertz CT molecular complexity index is 751. The van der Waals surface area contributed by atoms with Crippen molar-refractivity contribution in [1.82, 2.24) is 4.98 Å².